The number of benzene rings is 1. The Kier molecular flexibility index (Phi) is 3.14. The van der Waals surface area contributed by atoms with Gasteiger partial charge in [0.1, 0.15) is 6.33 Å². The molecule has 0 spiro atoms. The fourth-order valence-electron chi connectivity index (χ4n) is 1.76. The van der Waals surface area contributed by atoms with Crippen LogP contribution < -0.4 is 0 Å². The van der Waals surface area contributed by atoms with Crippen LogP contribution in [0.1, 0.15) is 36.7 Å². The van der Waals surface area contributed by atoms with Crippen molar-refractivity contribution in [3.8, 4) is 11.4 Å². The van der Waals surface area contributed by atoms with E-state index in [1.807, 2.05) is 27.7 Å². The number of carbonyl (C=O) groups is 1. The van der Waals surface area contributed by atoms with Crippen molar-refractivity contribution in [3.05, 3.63) is 35.7 Å². The molecule has 1 heterocycles. The van der Waals surface area contributed by atoms with Crippen molar-refractivity contribution in [2.45, 2.75) is 33.2 Å². The second-order valence-corrected chi connectivity index (χ2v) is 5.52. The molecule has 0 saturated carbocycles. The van der Waals surface area contributed by atoms with Gasteiger partial charge in [-0.15, -0.1) is 0 Å². The highest BCUT2D eigenvalue weighted by molar-refractivity contribution is 5.88. The Balaban J connectivity index is 2.43. The molecule has 19 heavy (non-hydrogen) atoms. The first kappa shape index (κ1) is 13.3. The lowest BCUT2D eigenvalue weighted by molar-refractivity contribution is 0.0697. The number of carboxylic acids is 1. The van der Waals surface area contributed by atoms with Gasteiger partial charge in [0.05, 0.1) is 11.1 Å². The standard InChI is InChI=1S/C14H17N3O2/c1-9-7-10(13(18)19)5-6-11(9)12-15-8-17(16-12)14(2,3)4/h5-8H,1-4H3,(H,18,19). The quantitative estimate of drug-likeness (QED) is 0.900. The summed E-state index contributed by atoms with van der Waals surface area (Å²) >= 11 is 0. The fourth-order valence-corrected chi connectivity index (χ4v) is 1.76. The molecule has 5 heteroatoms. The summed E-state index contributed by atoms with van der Waals surface area (Å²) in [6.07, 6.45) is 1.69. The highest BCUT2D eigenvalue weighted by atomic mass is 16.4. The molecule has 0 atom stereocenters. The molecule has 0 aliphatic heterocycles. The smallest absolute Gasteiger partial charge is 0.335 e. The lowest BCUT2D eigenvalue weighted by atomic mass is 10.0. The summed E-state index contributed by atoms with van der Waals surface area (Å²) in [4.78, 5) is 15.2. The van der Waals surface area contributed by atoms with Gasteiger partial charge in [0.15, 0.2) is 5.82 Å². The van der Waals surface area contributed by atoms with Crippen LogP contribution in [0.2, 0.25) is 0 Å². The van der Waals surface area contributed by atoms with E-state index in [9.17, 15) is 4.79 Å². The minimum atomic E-state index is -0.928. The molecule has 100 valence electrons. The molecule has 2 rings (SSSR count). The topological polar surface area (TPSA) is 68.0 Å². The summed E-state index contributed by atoms with van der Waals surface area (Å²) in [5.41, 5.74) is 1.86. The summed E-state index contributed by atoms with van der Waals surface area (Å²) in [6, 6.07) is 4.96. The second kappa shape index (κ2) is 4.50. The third-order valence-corrected chi connectivity index (χ3v) is 2.89. The summed E-state index contributed by atoms with van der Waals surface area (Å²) in [5, 5.41) is 13.4. The van der Waals surface area contributed by atoms with Crippen molar-refractivity contribution in [3.63, 3.8) is 0 Å². The van der Waals surface area contributed by atoms with Gasteiger partial charge in [-0.1, -0.05) is 0 Å². The summed E-state index contributed by atoms with van der Waals surface area (Å²) in [6.45, 7) is 8.00. The molecule has 2 aromatic rings. The Morgan fingerprint density at radius 1 is 1.32 bits per heavy atom. The molecule has 0 bridgehead atoms. The lowest BCUT2D eigenvalue weighted by Gasteiger charge is -2.17. The van der Waals surface area contributed by atoms with E-state index in [1.54, 1.807) is 29.2 Å². The molecule has 0 amide bonds. The van der Waals surface area contributed by atoms with E-state index < -0.39 is 5.97 Å². The first-order valence-corrected chi connectivity index (χ1v) is 6.05. The lowest BCUT2D eigenvalue weighted by Crippen LogP contribution is -2.22. The van der Waals surface area contributed by atoms with Gasteiger partial charge >= 0.3 is 5.97 Å². The zero-order chi connectivity index (χ0) is 14.2. The van der Waals surface area contributed by atoms with E-state index in [0.29, 0.717) is 5.82 Å². The highest BCUT2D eigenvalue weighted by Crippen LogP contribution is 2.22. The van der Waals surface area contributed by atoms with Crippen LogP contribution in [-0.2, 0) is 5.54 Å². The predicted molar refractivity (Wildman–Crippen MR) is 72.2 cm³/mol. The van der Waals surface area contributed by atoms with Crippen molar-refractivity contribution in [1.82, 2.24) is 14.8 Å². The Morgan fingerprint density at radius 2 is 2.00 bits per heavy atom. The van der Waals surface area contributed by atoms with Gasteiger partial charge in [-0.25, -0.2) is 14.5 Å². The number of rotatable bonds is 2. The van der Waals surface area contributed by atoms with Crippen LogP contribution >= 0.6 is 0 Å². The SMILES string of the molecule is Cc1cc(C(=O)O)ccc1-c1ncn(C(C)(C)C)n1. The van der Waals surface area contributed by atoms with E-state index in [0.717, 1.165) is 11.1 Å². The first-order chi connectivity index (χ1) is 8.79. The van der Waals surface area contributed by atoms with E-state index >= 15 is 0 Å². The molecule has 0 saturated heterocycles. The number of aromatic carboxylic acids is 1. The van der Waals surface area contributed by atoms with E-state index in [2.05, 4.69) is 10.1 Å². The number of aryl methyl sites for hydroxylation is 1. The van der Waals surface area contributed by atoms with Crippen LogP contribution in [0.4, 0.5) is 0 Å². The zero-order valence-electron chi connectivity index (χ0n) is 11.5. The van der Waals surface area contributed by atoms with Gasteiger partial charge in [-0.05, 0) is 51.5 Å². The maximum Gasteiger partial charge on any atom is 0.335 e. The van der Waals surface area contributed by atoms with E-state index in [1.165, 1.54) is 0 Å². The van der Waals surface area contributed by atoms with Crippen molar-refractivity contribution in [2.24, 2.45) is 0 Å². The summed E-state index contributed by atoms with van der Waals surface area (Å²) < 4.78 is 1.80. The van der Waals surface area contributed by atoms with Crippen molar-refractivity contribution in [1.29, 1.82) is 0 Å². The first-order valence-electron chi connectivity index (χ1n) is 6.05. The maximum absolute atomic E-state index is 10.9. The number of hydrogen-bond acceptors (Lipinski definition) is 3. The number of hydrogen-bond donors (Lipinski definition) is 1. The monoisotopic (exact) mass is 259 g/mol. The van der Waals surface area contributed by atoms with Crippen LogP contribution in [-0.4, -0.2) is 25.8 Å². The molecule has 1 aromatic heterocycles. The zero-order valence-corrected chi connectivity index (χ0v) is 11.5. The summed E-state index contributed by atoms with van der Waals surface area (Å²) in [5.74, 6) is -0.313. The van der Waals surface area contributed by atoms with Crippen molar-refractivity contribution >= 4 is 5.97 Å². The molecule has 0 aliphatic carbocycles. The van der Waals surface area contributed by atoms with Gasteiger partial charge in [-0.3, -0.25) is 0 Å². The Hall–Kier alpha value is -2.17. The average Bonchev–Trinajstić information content (AvgIpc) is 2.77. The number of nitrogens with zero attached hydrogens (tertiary/aromatic N) is 3. The van der Waals surface area contributed by atoms with Crippen LogP contribution in [0.15, 0.2) is 24.5 Å². The van der Waals surface area contributed by atoms with Gasteiger partial charge in [0.25, 0.3) is 0 Å². The fraction of sp³-hybridized carbons (Fsp3) is 0.357. The minimum absolute atomic E-state index is 0.125. The minimum Gasteiger partial charge on any atom is -0.478 e. The maximum atomic E-state index is 10.9. The van der Waals surface area contributed by atoms with E-state index in [4.69, 9.17) is 5.11 Å². The van der Waals surface area contributed by atoms with Crippen molar-refractivity contribution in [2.75, 3.05) is 0 Å². The third kappa shape index (κ3) is 2.65. The molecule has 0 radical (unpaired) electrons. The van der Waals surface area contributed by atoms with Gasteiger partial charge < -0.3 is 5.11 Å². The molecule has 5 nitrogen and oxygen atoms in total. The average molecular weight is 259 g/mol. The molecule has 1 N–H and O–H groups in total. The predicted octanol–water partition coefficient (Wildman–Crippen LogP) is 2.71. The van der Waals surface area contributed by atoms with Gasteiger partial charge in [-0.2, -0.15) is 5.10 Å². The molecular formula is C14H17N3O2. The normalized spacial score (nSPS) is 11.6. The Morgan fingerprint density at radius 3 is 2.47 bits per heavy atom. The molecule has 0 aliphatic rings. The third-order valence-electron chi connectivity index (χ3n) is 2.89. The number of carboxylic acid groups (broad SMARTS) is 1. The largest absolute Gasteiger partial charge is 0.478 e. The highest BCUT2D eigenvalue weighted by Gasteiger charge is 2.16. The van der Waals surface area contributed by atoms with Crippen LogP contribution in [0, 0.1) is 6.92 Å². The molecule has 0 unspecified atom stereocenters. The number of aromatic nitrogens is 3. The van der Waals surface area contributed by atoms with E-state index in [-0.39, 0.29) is 11.1 Å². The van der Waals surface area contributed by atoms with Crippen LogP contribution in [0.5, 0.6) is 0 Å². The molecule has 0 fully saturated rings. The second-order valence-electron chi connectivity index (χ2n) is 5.52. The van der Waals surface area contributed by atoms with Crippen LogP contribution in [0.25, 0.3) is 11.4 Å². The molecular weight excluding hydrogens is 242 g/mol. The molecule has 1 aromatic carbocycles. The summed E-state index contributed by atoms with van der Waals surface area (Å²) in [7, 11) is 0. The van der Waals surface area contributed by atoms with Crippen LogP contribution in [0.3, 0.4) is 0 Å². The van der Waals surface area contributed by atoms with Crippen molar-refractivity contribution < 1.29 is 9.90 Å². The van der Waals surface area contributed by atoms with Gasteiger partial charge in [0.2, 0.25) is 0 Å². The Labute approximate surface area is 111 Å². The Bertz CT molecular complexity index is 624. The van der Waals surface area contributed by atoms with Gasteiger partial charge in [0, 0.05) is 5.56 Å².